The van der Waals surface area contributed by atoms with Crippen molar-refractivity contribution in [3.05, 3.63) is 48.2 Å². The molecule has 0 aromatic heterocycles. The Balaban J connectivity index is 1.95. The van der Waals surface area contributed by atoms with Crippen LogP contribution in [0.1, 0.15) is 24.0 Å². The predicted octanol–water partition coefficient (Wildman–Crippen LogP) is 2.05. The normalized spacial score (nSPS) is 25.9. The Hall–Kier alpha value is -1.28. The summed E-state index contributed by atoms with van der Waals surface area (Å²) in [7, 11) is 0. The Morgan fingerprint density at radius 1 is 1.29 bits per heavy atom. The molecule has 1 aromatic rings. The van der Waals surface area contributed by atoms with Gasteiger partial charge in [-0.05, 0) is 36.6 Å². The monoisotopic (exact) mass is 228 g/mol. The van der Waals surface area contributed by atoms with Gasteiger partial charge in [0.05, 0.1) is 0 Å². The second-order valence-electron chi connectivity index (χ2n) is 5.34. The molecule has 1 aliphatic heterocycles. The lowest BCUT2D eigenvalue weighted by Crippen LogP contribution is -2.49. The maximum atomic E-state index is 6.44. The van der Waals surface area contributed by atoms with Gasteiger partial charge in [0.15, 0.2) is 0 Å². The van der Waals surface area contributed by atoms with Gasteiger partial charge in [-0.15, -0.1) is 0 Å². The van der Waals surface area contributed by atoms with Crippen molar-refractivity contribution < 1.29 is 0 Å². The first-order valence-corrected chi connectivity index (χ1v) is 6.47. The van der Waals surface area contributed by atoms with Gasteiger partial charge in [0.2, 0.25) is 0 Å². The molecule has 0 saturated carbocycles. The first-order valence-electron chi connectivity index (χ1n) is 6.47. The smallest absolute Gasteiger partial charge is 0.0181 e. The van der Waals surface area contributed by atoms with Crippen LogP contribution in [-0.4, -0.2) is 24.0 Å². The molecule has 0 amide bonds. The zero-order valence-electron chi connectivity index (χ0n) is 10.2. The van der Waals surface area contributed by atoms with Gasteiger partial charge in [-0.1, -0.05) is 30.8 Å². The molecule has 2 nitrogen and oxygen atoms in total. The molecule has 1 atom stereocenters. The van der Waals surface area contributed by atoms with Gasteiger partial charge < -0.3 is 10.6 Å². The summed E-state index contributed by atoms with van der Waals surface area (Å²) >= 11 is 0. The van der Waals surface area contributed by atoms with Crippen molar-refractivity contribution in [1.29, 1.82) is 0 Å². The minimum absolute atomic E-state index is 0.232. The third-order valence-corrected chi connectivity index (χ3v) is 4.65. The molecule has 2 heteroatoms. The van der Waals surface area contributed by atoms with Crippen molar-refractivity contribution in [1.82, 2.24) is 4.90 Å². The van der Waals surface area contributed by atoms with Crippen LogP contribution in [0.25, 0.3) is 0 Å². The second kappa shape index (κ2) is 3.88. The van der Waals surface area contributed by atoms with Crippen LogP contribution < -0.4 is 5.73 Å². The van der Waals surface area contributed by atoms with E-state index in [1.807, 2.05) is 6.20 Å². The number of nitrogens with zero attached hydrogens (tertiary/aromatic N) is 1. The largest absolute Gasteiger partial charge is 0.378 e. The molecule has 1 heterocycles. The number of fused-ring (bicyclic) bond motifs is 2. The van der Waals surface area contributed by atoms with E-state index >= 15 is 0 Å². The third kappa shape index (κ3) is 1.51. The van der Waals surface area contributed by atoms with Crippen LogP contribution in [0.5, 0.6) is 0 Å². The average molecular weight is 228 g/mol. The molecule has 2 aliphatic rings. The number of benzene rings is 1. The molecule has 1 aromatic carbocycles. The third-order valence-electron chi connectivity index (χ3n) is 4.65. The summed E-state index contributed by atoms with van der Waals surface area (Å²) in [5.41, 5.74) is 9.64. The Kier molecular flexibility index (Phi) is 2.48. The first kappa shape index (κ1) is 10.8. The van der Waals surface area contributed by atoms with Gasteiger partial charge in [0, 0.05) is 24.5 Å². The van der Waals surface area contributed by atoms with Crippen molar-refractivity contribution in [3.8, 4) is 0 Å². The standard InChI is InChI=1S/C15H20N2/c1-2-17-9-7-15(8-10-17)13-6-4-3-5-12(13)11-14(15)16/h2-6,14H,1,7-11,16H2. The van der Waals surface area contributed by atoms with Crippen LogP contribution in [-0.2, 0) is 11.8 Å². The van der Waals surface area contributed by atoms with E-state index in [0.29, 0.717) is 6.04 Å². The van der Waals surface area contributed by atoms with E-state index in [-0.39, 0.29) is 5.41 Å². The zero-order valence-corrected chi connectivity index (χ0v) is 10.2. The lowest BCUT2D eigenvalue weighted by molar-refractivity contribution is 0.189. The fourth-order valence-electron chi connectivity index (χ4n) is 3.56. The summed E-state index contributed by atoms with van der Waals surface area (Å²) in [6.07, 6.45) is 5.33. The van der Waals surface area contributed by atoms with E-state index in [0.717, 1.165) is 32.4 Å². The summed E-state index contributed by atoms with van der Waals surface area (Å²) in [4.78, 5) is 2.30. The Labute approximate surface area is 103 Å². The highest BCUT2D eigenvalue weighted by Crippen LogP contribution is 2.45. The van der Waals surface area contributed by atoms with Crippen LogP contribution in [0.3, 0.4) is 0 Å². The highest BCUT2D eigenvalue weighted by Gasteiger charge is 2.46. The first-order chi connectivity index (χ1) is 8.26. The molecule has 1 aliphatic carbocycles. The fourth-order valence-corrected chi connectivity index (χ4v) is 3.56. The van der Waals surface area contributed by atoms with Crippen LogP contribution in [0, 0.1) is 0 Å². The molecule has 1 spiro atoms. The molecule has 1 fully saturated rings. The Bertz CT molecular complexity index is 430. The van der Waals surface area contributed by atoms with Gasteiger partial charge >= 0.3 is 0 Å². The van der Waals surface area contributed by atoms with Gasteiger partial charge in [0.1, 0.15) is 0 Å². The average Bonchev–Trinajstić information content (AvgIpc) is 2.64. The van der Waals surface area contributed by atoms with Crippen molar-refractivity contribution in [3.63, 3.8) is 0 Å². The van der Waals surface area contributed by atoms with E-state index in [4.69, 9.17) is 5.73 Å². The zero-order chi connectivity index (χ0) is 11.9. The van der Waals surface area contributed by atoms with Crippen LogP contribution >= 0.6 is 0 Å². The molecule has 0 radical (unpaired) electrons. The minimum Gasteiger partial charge on any atom is -0.378 e. The van der Waals surface area contributed by atoms with Gasteiger partial charge in [-0.2, -0.15) is 0 Å². The minimum atomic E-state index is 0.232. The molecular weight excluding hydrogens is 208 g/mol. The number of rotatable bonds is 1. The summed E-state index contributed by atoms with van der Waals surface area (Å²) < 4.78 is 0. The summed E-state index contributed by atoms with van der Waals surface area (Å²) in [5, 5.41) is 0. The molecule has 2 N–H and O–H groups in total. The SMILES string of the molecule is C=CN1CCC2(CC1)c1ccccc1CC2N. The summed E-state index contributed by atoms with van der Waals surface area (Å²) in [6, 6.07) is 9.10. The summed E-state index contributed by atoms with van der Waals surface area (Å²) in [6.45, 7) is 6.04. The van der Waals surface area contributed by atoms with Gasteiger partial charge in [0.25, 0.3) is 0 Å². The molecule has 1 unspecified atom stereocenters. The van der Waals surface area contributed by atoms with E-state index in [1.165, 1.54) is 11.1 Å². The highest BCUT2D eigenvalue weighted by molar-refractivity contribution is 5.42. The fraction of sp³-hybridized carbons (Fsp3) is 0.467. The number of nitrogens with two attached hydrogens (primary N) is 1. The second-order valence-corrected chi connectivity index (χ2v) is 5.34. The van der Waals surface area contributed by atoms with Gasteiger partial charge in [-0.3, -0.25) is 0 Å². The predicted molar refractivity (Wildman–Crippen MR) is 70.8 cm³/mol. The van der Waals surface area contributed by atoms with E-state index < -0.39 is 0 Å². The molecule has 0 bridgehead atoms. The molecule has 17 heavy (non-hydrogen) atoms. The Morgan fingerprint density at radius 2 is 2.00 bits per heavy atom. The van der Waals surface area contributed by atoms with Crippen molar-refractivity contribution in [2.75, 3.05) is 13.1 Å². The van der Waals surface area contributed by atoms with Crippen molar-refractivity contribution >= 4 is 0 Å². The quantitative estimate of drug-likeness (QED) is 0.797. The lowest BCUT2D eigenvalue weighted by Gasteiger charge is -2.42. The number of hydrogen-bond donors (Lipinski definition) is 1. The van der Waals surface area contributed by atoms with E-state index in [2.05, 4.69) is 35.7 Å². The molecule has 3 rings (SSSR count). The van der Waals surface area contributed by atoms with Gasteiger partial charge in [-0.25, -0.2) is 0 Å². The molecular formula is C15H20N2. The Morgan fingerprint density at radius 3 is 2.71 bits per heavy atom. The lowest BCUT2D eigenvalue weighted by atomic mass is 9.71. The summed E-state index contributed by atoms with van der Waals surface area (Å²) in [5.74, 6) is 0. The maximum Gasteiger partial charge on any atom is 0.0181 e. The van der Waals surface area contributed by atoms with E-state index in [9.17, 15) is 0 Å². The molecule has 90 valence electrons. The van der Waals surface area contributed by atoms with Crippen molar-refractivity contribution in [2.24, 2.45) is 5.73 Å². The van der Waals surface area contributed by atoms with E-state index in [1.54, 1.807) is 0 Å². The number of piperidine rings is 1. The maximum absolute atomic E-state index is 6.44. The van der Waals surface area contributed by atoms with Crippen LogP contribution in [0.2, 0.25) is 0 Å². The van der Waals surface area contributed by atoms with Crippen molar-refractivity contribution in [2.45, 2.75) is 30.7 Å². The highest BCUT2D eigenvalue weighted by atomic mass is 15.1. The number of hydrogen-bond acceptors (Lipinski definition) is 2. The molecule has 1 saturated heterocycles. The number of likely N-dealkylation sites (tertiary alicyclic amines) is 1. The van der Waals surface area contributed by atoms with Crippen LogP contribution in [0.15, 0.2) is 37.0 Å². The van der Waals surface area contributed by atoms with Crippen LogP contribution in [0.4, 0.5) is 0 Å². The topological polar surface area (TPSA) is 29.3 Å².